The Balaban J connectivity index is 1.57. The van der Waals surface area contributed by atoms with E-state index in [1.807, 2.05) is 24.3 Å². The molecule has 0 heterocycles. The van der Waals surface area contributed by atoms with Gasteiger partial charge in [0, 0.05) is 12.1 Å². The number of rotatable bonds is 6. The maximum Gasteiger partial charge on any atom is 0.270 e. The van der Waals surface area contributed by atoms with E-state index >= 15 is 0 Å². The summed E-state index contributed by atoms with van der Waals surface area (Å²) in [6.45, 7) is 0.448. The van der Waals surface area contributed by atoms with Crippen LogP contribution in [0.3, 0.4) is 0 Å². The number of fused-ring (bicyclic) bond motifs is 1. The van der Waals surface area contributed by atoms with Gasteiger partial charge in [0.25, 0.3) is 5.69 Å². The molecule has 4 aromatic carbocycles. The molecule has 0 aliphatic carbocycles. The summed E-state index contributed by atoms with van der Waals surface area (Å²) in [5.41, 5.74) is 2.73. The fourth-order valence-electron chi connectivity index (χ4n) is 3.42. The van der Waals surface area contributed by atoms with Crippen molar-refractivity contribution in [1.82, 2.24) is 0 Å². The molecule has 0 saturated carbocycles. The van der Waals surface area contributed by atoms with E-state index < -0.39 is 4.92 Å². The smallest absolute Gasteiger partial charge is 0.270 e. The summed E-state index contributed by atoms with van der Waals surface area (Å²) in [5, 5.41) is 23.1. The van der Waals surface area contributed by atoms with E-state index in [2.05, 4.69) is 81.6 Å². The van der Waals surface area contributed by atoms with Crippen molar-refractivity contribution in [3.05, 3.63) is 113 Å². The van der Waals surface area contributed by atoms with Gasteiger partial charge in [-0.25, -0.2) is 0 Å². The Morgan fingerprint density at radius 2 is 1.70 bits per heavy atom. The second kappa shape index (κ2) is 10.3. The largest absolute Gasteiger partial charge is 0.487 e. The van der Waals surface area contributed by atoms with E-state index in [0.29, 0.717) is 17.7 Å². The van der Waals surface area contributed by atoms with E-state index in [-0.39, 0.29) is 5.69 Å². The first kappa shape index (κ1) is 23.2. The van der Waals surface area contributed by atoms with Crippen LogP contribution in [0.2, 0.25) is 0 Å². The molecule has 33 heavy (non-hydrogen) atoms. The zero-order valence-corrected chi connectivity index (χ0v) is 21.5. The van der Waals surface area contributed by atoms with Crippen LogP contribution < -0.4 is 4.74 Å². The quantitative estimate of drug-likeness (QED) is 0.0704. The van der Waals surface area contributed by atoms with E-state index in [9.17, 15) is 15.4 Å². The van der Waals surface area contributed by atoms with Crippen LogP contribution in [0.4, 0.5) is 5.69 Å². The minimum atomic E-state index is -0.466. The summed E-state index contributed by atoms with van der Waals surface area (Å²) >= 11 is 4.45. The predicted molar refractivity (Wildman–Crippen MR) is 147 cm³/mol. The molecule has 7 heteroatoms. The van der Waals surface area contributed by atoms with Crippen LogP contribution in [0.15, 0.2) is 78.9 Å². The number of hydrogen-bond donors (Lipinski definition) is 0. The van der Waals surface area contributed by atoms with Crippen molar-refractivity contribution in [2.45, 2.75) is 6.61 Å². The second-order valence-electron chi connectivity index (χ2n) is 7.26. The van der Waals surface area contributed by atoms with Crippen molar-refractivity contribution in [3.63, 3.8) is 0 Å². The zero-order chi connectivity index (χ0) is 23.4. The fraction of sp³-hybridized carbons (Fsp3) is 0.0385. The number of halogens is 2. The van der Waals surface area contributed by atoms with Crippen LogP contribution in [0, 0.1) is 28.6 Å². The second-order valence-corrected chi connectivity index (χ2v) is 9.59. The molecule has 0 N–H and O–H groups in total. The lowest BCUT2D eigenvalue weighted by Crippen LogP contribution is -1.99. The van der Waals surface area contributed by atoms with Crippen LogP contribution in [-0.4, -0.2) is 4.92 Å². The number of non-ortho nitro benzene ring substituents is 1. The first-order valence-corrected chi connectivity index (χ1v) is 12.1. The lowest BCUT2D eigenvalue weighted by Gasteiger charge is -2.12. The third kappa shape index (κ3) is 5.51. The van der Waals surface area contributed by atoms with Gasteiger partial charge in [0.1, 0.15) is 12.4 Å². The zero-order valence-electron chi connectivity index (χ0n) is 17.2. The lowest BCUT2D eigenvalue weighted by atomic mass is 10.0. The molecule has 0 bridgehead atoms. The SMILES string of the molecule is N#C/C(=C/c1cc(I)c(OCc2ccc3ccccc3c2)c(I)c1)c1cccc([N+](=O)[O-])c1. The number of benzene rings is 4. The van der Waals surface area contributed by atoms with Gasteiger partial charge in [-0.3, -0.25) is 10.1 Å². The Bertz CT molecular complexity index is 1420. The fourth-order valence-corrected chi connectivity index (χ4v) is 5.55. The molecular formula is C26H16I2N2O3. The maximum absolute atomic E-state index is 11.1. The minimum Gasteiger partial charge on any atom is -0.487 e. The number of allylic oxidation sites excluding steroid dienone is 1. The van der Waals surface area contributed by atoms with Crippen molar-refractivity contribution in [2.24, 2.45) is 0 Å². The molecule has 5 nitrogen and oxygen atoms in total. The predicted octanol–water partition coefficient (Wildman–Crippen LogP) is 7.60. The van der Waals surface area contributed by atoms with Crippen LogP contribution in [0.5, 0.6) is 5.75 Å². The number of nitro groups is 1. The van der Waals surface area contributed by atoms with Gasteiger partial charge in [0.15, 0.2) is 0 Å². The monoisotopic (exact) mass is 658 g/mol. The maximum atomic E-state index is 11.1. The van der Waals surface area contributed by atoms with E-state index in [4.69, 9.17) is 4.74 Å². The molecule has 0 aliphatic heterocycles. The highest BCUT2D eigenvalue weighted by atomic mass is 127. The van der Waals surface area contributed by atoms with Crippen LogP contribution >= 0.6 is 45.2 Å². The van der Waals surface area contributed by atoms with E-state index in [1.54, 1.807) is 18.2 Å². The topological polar surface area (TPSA) is 76.2 Å². The summed E-state index contributed by atoms with van der Waals surface area (Å²) in [6, 6.07) is 26.6. The standard InChI is InChI=1S/C26H16I2N2O3/c27-24-12-18(11-22(15-29)21-6-3-7-23(14-21)30(31)32)13-25(28)26(24)33-16-17-8-9-19-4-1-2-5-20(19)10-17/h1-14H,16H2/b22-11-. The van der Waals surface area contributed by atoms with Gasteiger partial charge in [-0.2, -0.15) is 5.26 Å². The van der Waals surface area contributed by atoms with Crippen LogP contribution in [-0.2, 0) is 6.61 Å². The normalized spacial score (nSPS) is 11.2. The third-order valence-corrected chi connectivity index (χ3v) is 6.62. The van der Waals surface area contributed by atoms with Gasteiger partial charge in [-0.05, 0) is 96.9 Å². The van der Waals surface area contributed by atoms with Gasteiger partial charge < -0.3 is 4.74 Å². The summed E-state index contributed by atoms with van der Waals surface area (Å²) in [6.07, 6.45) is 1.73. The molecule has 162 valence electrons. The van der Waals surface area contributed by atoms with E-state index in [1.165, 1.54) is 22.9 Å². The Kier molecular flexibility index (Phi) is 7.25. The Morgan fingerprint density at radius 3 is 2.39 bits per heavy atom. The molecule has 4 rings (SSSR count). The Labute approximate surface area is 218 Å². The lowest BCUT2D eigenvalue weighted by molar-refractivity contribution is -0.384. The van der Waals surface area contributed by atoms with Gasteiger partial charge in [0.05, 0.1) is 23.7 Å². The van der Waals surface area contributed by atoms with Gasteiger partial charge in [0.2, 0.25) is 0 Å². The minimum absolute atomic E-state index is 0.0461. The molecule has 0 unspecified atom stereocenters. The summed E-state index contributed by atoms with van der Waals surface area (Å²) in [4.78, 5) is 10.6. The van der Waals surface area contributed by atoms with Crippen molar-refractivity contribution < 1.29 is 9.66 Å². The summed E-state index contributed by atoms with van der Waals surface area (Å²) < 4.78 is 7.98. The highest BCUT2D eigenvalue weighted by molar-refractivity contribution is 14.1. The molecule has 0 fully saturated rings. The van der Waals surface area contributed by atoms with Crippen LogP contribution in [0.1, 0.15) is 16.7 Å². The number of nitro benzene ring substituents is 1. The van der Waals surface area contributed by atoms with Gasteiger partial charge in [-0.15, -0.1) is 0 Å². The molecule has 0 amide bonds. The van der Waals surface area contributed by atoms with Crippen molar-refractivity contribution in [2.75, 3.05) is 0 Å². The molecule has 0 spiro atoms. The van der Waals surface area contributed by atoms with Crippen molar-refractivity contribution in [3.8, 4) is 11.8 Å². The molecule has 0 aromatic heterocycles. The molecule has 0 atom stereocenters. The van der Waals surface area contributed by atoms with Gasteiger partial charge >= 0.3 is 0 Å². The summed E-state index contributed by atoms with van der Waals surface area (Å²) in [7, 11) is 0. The molecule has 0 aliphatic rings. The van der Waals surface area contributed by atoms with Crippen molar-refractivity contribution >= 4 is 73.3 Å². The Morgan fingerprint density at radius 1 is 0.970 bits per heavy atom. The molecule has 4 aromatic rings. The molecule has 0 saturated heterocycles. The van der Waals surface area contributed by atoms with Crippen molar-refractivity contribution in [1.29, 1.82) is 5.26 Å². The number of nitriles is 1. The Hall–Kier alpha value is -2.97. The summed E-state index contributed by atoms with van der Waals surface area (Å²) in [5.74, 6) is 0.787. The van der Waals surface area contributed by atoms with Crippen LogP contribution in [0.25, 0.3) is 22.4 Å². The molecular weight excluding hydrogens is 642 g/mol. The number of hydrogen-bond acceptors (Lipinski definition) is 4. The van der Waals surface area contributed by atoms with E-state index in [0.717, 1.165) is 24.0 Å². The number of nitrogens with zero attached hydrogens (tertiary/aromatic N) is 2. The molecule has 0 radical (unpaired) electrons. The first-order chi connectivity index (χ1) is 15.9. The number of ether oxygens (including phenoxy) is 1. The average molecular weight is 658 g/mol. The average Bonchev–Trinajstić information content (AvgIpc) is 2.82. The third-order valence-electron chi connectivity index (χ3n) is 5.02. The van der Waals surface area contributed by atoms with Gasteiger partial charge in [-0.1, -0.05) is 48.5 Å². The first-order valence-electron chi connectivity index (χ1n) is 9.91. The highest BCUT2D eigenvalue weighted by Crippen LogP contribution is 2.32. The highest BCUT2D eigenvalue weighted by Gasteiger charge is 2.12.